The summed E-state index contributed by atoms with van der Waals surface area (Å²) in [7, 11) is -2.38. The molecule has 0 amide bonds. The number of aliphatic hydroxyl groups excluding tert-OH is 1. The molecule has 0 spiro atoms. The fourth-order valence-corrected chi connectivity index (χ4v) is 2.81. The van der Waals surface area contributed by atoms with Crippen molar-refractivity contribution in [2.24, 2.45) is 0 Å². The highest BCUT2D eigenvalue weighted by atomic mass is 32.2. The Bertz CT molecular complexity index is 560. The monoisotopic (exact) mass is 332 g/mol. The van der Waals surface area contributed by atoms with Crippen LogP contribution >= 0.6 is 0 Å². The van der Waals surface area contributed by atoms with Crippen LogP contribution < -0.4 is 0 Å². The van der Waals surface area contributed by atoms with Gasteiger partial charge in [-0.05, 0) is 5.56 Å². The topological polar surface area (TPSA) is 91.3 Å². The van der Waals surface area contributed by atoms with Crippen LogP contribution in [0, 0.1) is 0 Å². The van der Waals surface area contributed by atoms with Crippen LogP contribution in [0.3, 0.4) is 0 Å². The molecule has 4 atom stereocenters. The van der Waals surface area contributed by atoms with Crippen molar-refractivity contribution in [1.82, 2.24) is 0 Å². The van der Waals surface area contributed by atoms with Gasteiger partial charge in [-0.15, -0.1) is 0 Å². The van der Waals surface area contributed by atoms with Gasteiger partial charge in [0.1, 0.15) is 12.2 Å². The lowest BCUT2D eigenvalue weighted by atomic mass is 10.1. The molecule has 0 saturated carbocycles. The Morgan fingerprint density at radius 1 is 1.27 bits per heavy atom. The maximum atomic E-state index is 11.2. The van der Waals surface area contributed by atoms with Crippen LogP contribution in [0.5, 0.6) is 0 Å². The lowest BCUT2D eigenvalue weighted by molar-refractivity contribution is -0.152. The molecule has 8 heteroatoms. The molecule has 1 aromatic carbocycles. The van der Waals surface area contributed by atoms with Gasteiger partial charge < -0.3 is 19.3 Å². The molecule has 1 fully saturated rings. The van der Waals surface area contributed by atoms with Crippen molar-refractivity contribution in [1.29, 1.82) is 0 Å². The number of rotatable bonds is 7. The molecule has 1 aromatic rings. The highest BCUT2D eigenvalue weighted by Gasteiger charge is 2.46. The Hall–Kier alpha value is -1.03. The first-order valence-corrected chi connectivity index (χ1v) is 8.58. The summed E-state index contributed by atoms with van der Waals surface area (Å²) < 4.78 is 43.2. The summed E-state index contributed by atoms with van der Waals surface area (Å²) in [5.41, 5.74) is 0.988. The van der Waals surface area contributed by atoms with Gasteiger partial charge in [-0.3, -0.25) is 4.18 Å². The fourth-order valence-electron chi connectivity index (χ4n) is 2.20. The molecular formula is C14H20O7S. The summed E-state index contributed by atoms with van der Waals surface area (Å²) in [5, 5.41) is 10.1. The van der Waals surface area contributed by atoms with Gasteiger partial charge in [0, 0.05) is 7.11 Å². The van der Waals surface area contributed by atoms with E-state index in [1.165, 1.54) is 7.11 Å². The lowest BCUT2D eigenvalue weighted by Gasteiger charge is -2.18. The van der Waals surface area contributed by atoms with Crippen molar-refractivity contribution in [2.45, 2.75) is 31.2 Å². The van der Waals surface area contributed by atoms with Crippen LogP contribution in [0.1, 0.15) is 5.56 Å². The minimum absolute atomic E-state index is 0.0968. The average Bonchev–Trinajstić information content (AvgIpc) is 2.75. The summed E-state index contributed by atoms with van der Waals surface area (Å²) >= 11 is 0. The SMILES string of the molecule is CO[C@H]1OC(COCc2ccccc2)C(O)[C@H]1OS(C)(=O)=O. The molecule has 0 aliphatic carbocycles. The van der Waals surface area contributed by atoms with E-state index in [2.05, 4.69) is 0 Å². The smallest absolute Gasteiger partial charge is 0.264 e. The number of aliphatic hydroxyl groups is 1. The Labute approximate surface area is 129 Å². The van der Waals surface area contributed by atoms with Crippen LogP contribution in [0.25, 0.3) is 0 Å². The van der Waals surface area contributed by atoms with Crippen molar-refractivity contribution in [2.75, 3.05) is 20.0 Å². The van der Waals surface area contributed by atoms with E-state index < -0.39 is 34.7 Å². The van der Waals surface area contributed by atoms with Crippen molar-refractivity contribution in [3.8, 4) is 0 Å². The maximum absolute atomic E-state index is 11.2. The van der Waals surface area contributed by atoms with E-state index in [0.717, 1.165) is 11.8 Å². The second-order valence-electron chi connectivity index (χ2n) is 5.03. The van der Waals surface area contributed by atoms with Crippen molar-refractivity contribution in [3.05, 3.63) is 35.9 Å². The van der Waals surface area contributed by atoms with Gasteiger partial charge in [0.25, 0.3) is 10.1 Å². The minimum atomic E-state index is -3.73. The van der Waals surface area contributed by atoms with Gasteiger partial charge in [-0.1, -0.05) is 30.3 Å². The highest BCUT2D eigenvalue weighted by molar-refractivity contribution is 7.86. The lowest BCUT2D eigenvalue weighted by Crippen LogP contribution is -2.38. The molecule has 0 bridgehead atoms. The third kappa shape index (κ3) is 4.73. The predicted octanol–water partition coefficient (Wildman–Crippen LogP) is 0.280. The third-order valence-electron chi connectivity index (χ3n) is 3.21. The molecule has 2 rings (SSSR count). The molecule has 0 radical (unpaired) electrons. The van der Waals surface area contributed by atoms with Gasteiger partial charge >= 0.3 is 0 Å². The van der Waals surface area contributed by atoms with Crippen molar-refractivity contribution >= 4 is 10.1 Å². The molecule has 0 aromatic heterocycles. The van der Waals surface area contributed by atoms with Crippen LogP contribution in [-0.2, 0) is 35.1 Å². The van der Waals surface area contributed by atoms with Gasteiger partial charge in [0.05, 0.1) is 19.5 Å². The summed E-state index contributed by atoms with van der Waals surface area (Å²) in [6, 6.07) is 9.54. The van der Waals surface area contributed by atoms with Gasteiger partial charge in [-0.2, -0.15) is 8.42 Å². The largest absolute Gasteiger partial charge is 0.387 e. The van der Waals surface area contributed by atoms with E-state index in [0.29, 0.717) is 6.61 Å². The first-order chi connectivity index (χ1) is 10.4. The zero-order chi connectivity index (χ0) is 16.2. The summed E-state index contributed by atoms with van der Waals surface area (Å²) in [4.78, 5) is 0. The summed E-state index contributed by atoms with van der Waals surface area (Å²) in [6.07, 6.45) is -3.04. The minimum Gasteiger partial charge on any atom is -0.387 e. The quantitative estimate of drug-likeness (QED) is 0.717. The third-order valence-corrected chi connectivity index (χ3v) is 3.78. The number of benzene rings is 1. The number of methoxy groups -OCH3 is 1. The Balaban J connectivity index is 1.89. The van der Waals surface area contributed by atoms with Crippen molar-refractivity contribution in [3.63, 3.8) is 0 Å². The zero-order valence-corrected chi connectivity index (χ0v) is 13.2. The van der Waals surface area contributed by atoms with E-state index in [1.54, 1.807) is 0 Å². The van der Waals surface area contributed by atoms with E-state index in [9.17, 15) is 13.5 Å². The molecule has 1 N–H and O–H groups in total. The molecule has 2 unspecified atom stereocenters. The molecule has 7 nitrogen and oxygen atoms in total. The van der Waals surface area contributed by atoms with E-state index in [1.807, 2.05) is 30.3 Å². The van der Waals surface area contributed by atoms with E-state index >= 15 is 0 Å². The van der Waals surface area contributed by atoms with Crippen LogP contribution in [0.4, 0.5) is 0 Å². The molecule has 1 saturated heterocycles. The number of hydrogen-bond acceptors (Lipinski definition) is 7. The summed E-state index contributed by atoms with van der Waals surface area (Å²) in [5.74, 6) is 0. The Kier molecular flexibility index (Phi) is 5.90. The standard InChI is InChI=1S/C14H20O7S/c1-18-14-13(21-22(2,16)17)12(15)11(20-14)9-19-8-10-6-4-3-5-7-10/h3-7,11-15H,8-9H2,1-2H3/t11?,12?,13-,14+/m1/s1. The molecule has 22 heavy (non-hydrogen) atoms. The maximum Gasteiger partial charge on any atom is 0.264 e. The number of ether oxygens (including phenoxy) is 3. The highest BCUT2D eigenvalue weighted by Crippen LogP contribution is 2.26. The fraction of sp³-hybridized carbons (Fsp3) is 0.571. The van der Waals surface area contributed by atoms with E-state index in [4.69, 9.17) is 18.4 Å². The van der Waals surface area contributed by atoms with Crippen LogP contribution in [0.15, 0.2) is 30.3 Å². The normalized spacial score (nSPS) is 28.9. The number of hydrogen-bond donors (Lipinski definition) is 1. The second kappa shape index (κ2) is 7.49. The second-order valence-corrected chi connectivity index (χ2v) is 6.64. The Morgan fingerprint density at radius 2 is 1.95 bits per heavy atom. The Morgan fingerprint density at radius 3 is 2.55 bits per heavy atom. The first-order valence-electron chi connectivity index (χ1n) is 6.77. The zero-order valence-electron chi connectivity index (χ0n) is 12.4. The summed E-state index contributed by atoms with van der Waals surface area (Å²) in [6.45, 7) is 0.461. The molecule has 1 heterocycles. The van der Waals surface area contributed by atoms with Crippen LogP contribution in [0.2, 0.25) is 0 Å². The molecule has 1 aliphatic heterocycles. The predicted molar refractivity (Wildman–Crippen MR) is 77.5 cm³/mol. The molecule has 1 aliphatic rings. The van der Waals surface area contributed by atoms with E-state index in [-0.39, 0.29) is 6.61 Å². The van der Waals surface area contributed by atoms with Gasteiger partial charge in [0.2, 0.25) is 0 Å². The van der Waals surface area contributed by atoms with Gasteiger partial charge in [0.15, 0.2) is 12.4 Å². The van der Waals surface area contributed by atoms with Crippen molar-refractivity contribution < 1.29 is 31.9 Å². The van der Waals surface area contributed by atoms with Gasteiger partial charge in [-0.25, -0.2) is 0 Å². The average molecular weight is 332 g/mol. The molecule has 124 valence electrons. The first kappa shape index (κ1) is 17.3. The van der Waals surface area contributed by atoms with Crippen LogP contribution in [-0.4, -0.2) is 58.1 Å². The molecular weight excluding hydrogens is 312 g/mol.